The zero-order valence-corrected chi connectivity index (χ0v) is 15.3. The molecule has 6 nitrogen and oxygen atoms in total. The molecule has 128 valence electrons. The van der Waals surface area contributed by atoms with Crippen molar-refractivity contribution in [2.24, 2.45) is 5.41 Å². The van der Waals surface area contributed by atoms with Crippen LogP contribution in [0.3, 0.4) is 0 Å². The summed E-state index contributed by atoms with van der Waals surface area (Å²) < 4.78 is 0. The first-order valence-corrected chi connectivity index (χ1v) is 8.51. The molecule has 2 aromatic rings. The highest BCUT2D eigenvalue weighted by atomic mass is 32.1. The number of nitrogens with one attached hydrogen (secondary N) is 2. The number of rotatable bonds is 4. The van der Waals surface area contributed by atoms with E-state index < -0.39 is 11.5 Å². The van der Waals surface area contributed by atoms with Gasteiger partial charge < -0.3 is 5.32 Å². The fourth-order valence-corrected chi connectivity index (χ4v) is 2.53. The SMILES string of the molecule is Cc1ccc(-c2nnc(NC(=O)[C@H](C)NC(=O)C(C)(C)C)s2)cc1. The Morgan fingerprint density at radius 2 is 1.75 bits per heavy atom. The smallest absolute Gasteiger partial charge is 0.248 e. The van der Waals surface area contributed by atoms with Crippen LogP contribution in [0.1, 0.15) is 33.3 Å². The molecule has 0 aliphatic carbocycles. The largest absolute Gasteiger partial charge is 0.344 e. The van der Waals surface area contributed by atoms with Gasteiger partial charge in [0.1, 0.15) is 11.0 Å². The van der Waals surface area contributed by atoms with Crippen LogP contribution in [-0.2, 0) is 9.59 Å². The molecule has 0 fully saturated rings. The van der Waals surface area contributed by atoms with E-state index >= 15 is 0 Å². The molecule has 7 heteroatoms. The first-order valence-electron chi connectivity index (χ1n) is 7.69. The highest BCUT2D eigenvalue weighted by Gasteiger charge is 2.25. The normalized spacial score (nSPS) is 12.5. The molecule has 1 heterocycles. The first-order chi connectivity index (χ1) is 11.2. The molecule has 0 saturated carbocycles. The number of benzene rings is 1. The van der Waals surface area contributed by atoms with Crippen LogP contribution in [0.2, 0.25) is 0 Å². The van der Waals surface area contributed by atoms with Crippen LogP contribution < -0.4 is 10.6 Å². The zero-order valence-electron chi connectivity index (χ0n) is 14.5. The molecule has 2 rings (SSSR count). The van der Waals surface area contributed by atoms with Crippen molar-refractivity contribution in [1.82, 2.24) is 15.5 Å². The van der Waals surface area contributed by atoms with E-state index in [1.54, 1.807) is 27.7 Å². The number of carbonyl (C=O) groups excluding carboxylic acids is 2. The number of carbonyl (C=O) groups is 2. The first kappa shape index (κ1) is 18.1. The molecule has 0 aliphatic heterocycles. The van der Waals surface area contributed by atoms with Crippen LogP contribution in [-0.4, -0.2) is 28.1 Å². The Labute approximate surface area is 145 Å². The molecule has 24 heavy (non-hydrogen) atoms. The predicted molar refractivity (Wildman–Crippen MR) is 95.8 cm³/mol. The van der Waals surface area contributed by atoms with E-state index in [1.807, 2.05) is 31.2 Å². The molecule has 1 aromatic heterocycles. The molecule has 2 amide bonds. The second-order valence-corrected chi connectivity index (χ2v) is 7.69. The molecule has 0 saturated heterocycles. The van der Waals surface area contributed by atoms with Crippen molar-refractivity contribution in [3.8, 4) is 10.6 Å². The summed E-state index contributed by atoms with van der Waals surface area (Å²) in [4.78, 5) is 24.1. The number of aromatic nitrogens is 2. The number of nitrogens with zero attached hydrogens (tertiary/aromatic N) is 2. The van der Waals surface area contributed by atoms with Crippen molar-refractivity contribution in [1.29, 1.82) is 0 Å². The van der Waals surface area contributed by atoms with Crippen molar-refractivity contribution in [2.45, 2.75) is 40.7 Å². The summed E-state index contributed by atoms with van der Waals surface area (Å²) in [6, 6.07) is 7.28. The van der Waals surface area contributed by atoms with Gasteiger partial charge in [-0.25, -0.2) is 0 Å². The molecular formula is C17H22N4O2S. The van der Waals surface area contributed by atoms with Crippen LogP contribution in [0.25, 0.3) is 10.6 Å². The van der Waals surface area contributed by atoms with Crippen molar-refractivity contribution < 1.29 is 9.59 Å². The third-order valence-electron chi connectivity index (χ3n) is 3.38. The van der Waals surface area contributed by atoms with Gasteiger partial charge >= 0.3 is 0 Å². The number of hydrogen-bond acceptors (Lipinski definition) is 5. The van der Waals surface area contributed by atoms with Crippen molar-refractivity contribution in [3.05, 3.63) is 29.8 Å². The predicted octanol–water partition coefficient (Wildman–Crippen LogP) is 3.00. The topological polar surface area (TPSA) is 84.0 Å². The number of amides is 2. The van der Waals surface area contributed by atoms with Gasteiger partial charge in [0, 0.05) is 11.0 Å². The Bertz CT molecular complexity index is 732. The van der Waals surface area contributed by atoms with Gasteiger partial charge in [-0.1, -0.05) is 61.9 Å². The third kappa shape index (κ3) is 4.61. The van der Waals surface area contributed by atoms with Crippen LogP contribution in [0.4, 0.5) is 5.13 Å². The average Bonchev–Trinajstić information content (AvgIpc) is 2.95. The van der Waals surface area contributed by atoms with Crippen molar-refractivity contribution >= 4 is 28.3 Å². The molecule has 0 unspecified atom stereocenters. The average molecular weight is 346 g/mol. The summed E-state index contributed by atoms with van der Waals surface area (Å²) in [5.74, 6) is -0.498. The number of hydrogen-bond donors (Lipinski definition) is 2. The summed E-state index contributed by atoms with van der Waals surface area (Å²) in [6.45, 7) is 9.05. The molecular weight excluding hydrogens is 324 g/mol. The zero-order chi connectivity index (χ0) is 17.9. The standard InChI is InChI=1S/C17H22N4O2S/c1-10-6-8-12(9-7-10)14-20-21-16(24-14)19-13(22)11(2)18-15(23)17(3,4)5/h6-9,11H,1-5H3,(H,18,23)(H,19,21,22)/t11-/m0/s1. The molecule has 0 bridgehead atoms. The van der Waals surface area contributed by atoms with Crippen LogP contribution >= 0.6 is 11.3 Å². The Balaban J connectivity index is 2.00. The molecule has 1 atom stereocenters. The van der Waals surface area contributed by atoms with Gasteiger partial charge in [-0.05, 0) is 13.8 Å². The lowest BCUT2D eigenvalue weighted by molar-refractivity contribution is -0.131. The summed E-state index contributed by atoms with van der Waals surface area (Å²) in [5.41, 5.74) is 1.57. The third-order valence-corrected chi connectivity index (χ3v) is 4.26. The summed E-state index contributed by atoms with van der Waals surface area (Å²) >= 11 is 1.30. The van der Waals surface area contributed by atoms with E-state index in [0.29, 0.717) is 5.13 Å². The van der Waals surface area contributed by atoms with Gasteiger partial charge in [-0.2, -0.15) is 0 Å². The summed E-state index contributed by atoms with van der Waals surface area (Å²) in [7, 11) is 0. The summed E-state index contributed by atoms with van der Waals surface area (Å²) in [5, 5.41) is 14.6. The Kier molecular flexibility index (Phi) is 5.33. The Morgan fingerprint density at radius 1 is 1.12 bits per heavy atom. The highest BCUT2D eigenvalue weighted by molar-refractivity contribution is 7.18. The monoisotopic (exact) mass is 346 g/mol. The van der Waals surface area contributed by atoms with E-state index in [4.69, 9.17) is 0 Å². The maximum atomic E-state index is 12.2. The number of anilines is 1. The Hall–Kier alpha value is -2.28. The lowest BCUT2D eigenvalue weighted by Gasteiger charge is -2.21. The molecule has 0 radical (unpaired) electrons. The van der Waals surface area contributed by atoms with Gasteiger partial charge in [-0.15, -0.1) is 10.2 Å². The minimum Gasteiger partial charge on any atom is -0.344 e. The second kappa shape index (κ2) is 7.09. The lowest BCUT2D eigenvalue weighted by Crippen LogP contribution is -2.46. The maximum Gasteiger partial charge on any atom is 0.248 e. The minimum absolute atomic E-state index is 0.178. The Morgan fingerprint density at radius 3 is 2.33 bits per heavy atom. The quantitative estimate of drug-likeness (QED) is 0.891. The van der Waals surface area contributed by atoms with E-state index in [0.717, 1.165) is 10.6 Å². The summed E-state index contributed by atoms with van der Waals surface area (Å²) in [6.07, 6.45) is 0. The maximum absolute atomic E-state index is 12.2. The fraction of sp³-hybridized carbons (Fsp3) is 0.412. The highest BCUT2D eigenvalue weighted by Crippen LogP contribution is 2.26. The van der Waals surface area contributed by atoms with Crippen molar-refractivity contribution in [3.63, 3.8) is 0 Å². The second-order valence-electron chi connectivity index (χ2n) is 6.71. The van der Waals surface area contributed by atoms with E-state index in [1.165, 1.54) is 16.9 Å². The molecule has 2 N–H and O–H groups in total. The van der Waals surface area contributed by atoms with Crippen LogP contribution in [0, 0.1) is 12.3 Å². The van der Waals surface area contributed by atoms with E-state index in [2.05, 4.69) is 20.8 Å². The fourth-order valence-electron chi connectivity index (χ4n) is 1.78. The number of aryl methyl sites for hydroxylation is 1. The minimum atomic E-state index is -0.650. The molecule has 0 spiro atoms. The van der Waals surface area contributed by atoms with Crippen LogP contribution in [0.15, 0.2) is 24.3 Å². The van der Waals surface area contributed by atoms with Crippen molar-refractivity contribution in [2.75, 3.05) is 5.32 Å². The lowest BCUT2D eigenvalue weighted by atomic mass is 9.95. The van der Waals surface area contributed by atoms with Gasteiger partial charge in [0.05, 0.1) is 0 Å². The molecule has 0 aliphatic rings. The van der Waals surface area contributed by atoms with Gasteiger partial charge in [-0.3, -0.25) is 14.9 Å². The van der Waals surface area contributed by atoms with E-state index in [-0.39, 0.29) is 11.8 Å². The van der Waals surface area contributed by atoms with Crippen LogP contribution in [0.5, 0.6) is 0 Å². The molecule has 1 aromatic carbocycles. The van der Waals surface area contributed by atoms with E-state index in [9.17, 15) is 9.59 Å². The van der Waals surface area contributed by atoms with Gasteiger partial charge in [0.15, 0.2) is 0 Å². The van der Waals surface area contributed by atoms with Gasteiger partial charge in [0.25, 0.3) is 0 Å². The van der Waals surface area contributed by atoms with Gasteiger partial charge in [0.2, 0.25) is 16.9 Å².